The van der Waals surface area contributed by atoms with E-state index in [2.05, 4.69) is 180 Å². The van der Waals surface area contributed by atoms with Gasteiger partial charge in [-0.25, -0.2) is 0 Å². The Hall–Kier alpha value is -5.16. The third-order valence-corrected chi connectivity index (χ3v) is 12.0. The molecule has 0 aromatic heterocycles. The van der Waals surface area contributed by atoms with Crippen molar-refractivity contribution in [3.63, 3.8) is 0 Å². The number of ether oxygens (including phenoxy) is 4. The lowest BCUT2D eigenvalue weighted by Gasteiger charge is -2.37. The van der Waals surface area contributed by atoms with Crippen LogP contribution in [0, 0.1) is 5.92 Å². The van der Waals surface area contributed by atoms with Crippen LogP contribution in [0.2, 0.25) is 0 Å². The Labute approximate surface area is 333 Å². The quantitative estimate of drug-likeness (QED) is 0.0926. The fourth-order valence-corrected chi connectivity index (χ4v) is 9.24. The average Bonchev–Trinajstić information content (AvgIpc) is 3.70. The van der Waals surface area contributed by atoms with Gasteiger partial charge in [-0.1, -0.05) is 142 Å². The van der Waals surface area contributed by atoms with E-state index in [0.29, 0.717) is 25.7 Å². The Bertz CT molecular complexity index is 2160. The summed E-state index contributed by atoms with van der Waals surface area (Å²) >= 11 is 0. The van der Waals surface area contributed by atoms with E-state index in [1.165, 1.54) is 38.9 Å². The highest BCUT2D eigenvalue weighted by Gasteiger charge is 2.47. The Morgan fingerprint density at radius 1 is 0.464 bits per heavy atom. The minimum Gasteiger partial charge on any atom is -0.494 e. The Balaban J connectivity index is 0.900. The molecule has 0 aliphatic heterocycles. The minimum absolute atomic E-state index is 0.0436. The summed E-state index contributed by atoms with van der Waals surface area (Å²) in [7, 11) is 0. The first kappa shape index (κ1) is 37.7. The Kier molecular flexibility index (Phi) is 10.9. The smallest absolute Gasteiger partial charge is 0.145 e. The van der Waals surface area contributed by atoms with Gasteiger partial charge in [-0.15, -0.1) is 0 Å². The minimum atomic E-state index is -0.740. The maximum absolute atomic E-state index is 7.03. The van der Waals surface area contributed by atoms with E-state index in [-0.39, 0.29) is 17.6 Å². The van der Waals surface area contributed by atoms with Gasteiger partial charge < -0.3 is 18.9 Å². The molecule has 0 radical (unpaired) electrons. The van der Waals surface area contributed by atoms with Crippen LogP contribution >= 0.6 is 0 Å². The number of hydrogen-bond donors (Lipinski definition) is 0. The van der Waals surface area contributed by atoms with Gasteiger partial charge in [0, 0.05) is 16.5 Å². The average molecular weight is 743 g/mol. The lowest BCUT2D eigenvalue weighted by molar-refractivity contribution is -0.0777. The summed E-state index contributed by atoms with van der Waals surface area (Å²) in [5, 5.41) is 0. The molecule has 0 amide bonds. The van der Waals surface area contributed by atoms with Crippen molar-refractivity contribution < 1.29 is 18.9 Å². The van der Waals surface area contributed by atoms with Crippen LogP contribution in [0.25, 0.3) is 22.3 Å². The highest BCUT2D eigenvalue weighted by Crippen LogP contribution is 2.56. The summed E-state index contributed by atoms with van der Waals surface area (Å²) in [6, 6.07) is 52.3. The highest BCUT2D eigenvalue weighted by atomic mass is 16.5. The van der Waals surface area contributed by atoms with E-state index in [9.17, 15) is 0 Å². The molecule has 6 aromatic rings. The lowest BCUT2D eigenvalue weighted by atomic mass is 9.65. The van der Waals surface area contributed by atoms with E-state index in [1.54, 1.807) is 0 Å². The van der Waals surface area contributed by atoms with Crippen molar-refractivity contribution in [2.24, 2.45) is 5.92 Å². The molecule has 0 saturated heterocycles. The molecule has 6 aromatic carbocycles. The second-order valence-corrected chi connectivity index (χ2v) is 15.8. The lowest BCUT2D eigenvalue weighted by Crippen LogP contribution is -2.34. The normalized spacial score (nSPS) is 15.4. The van der Waals surface area contributed by atoms with Crippen LogP contribution < -0.4 is 9.47 Å². The van der Waals surface area contributed by atoms with Crippen molar-refractivity contribution in [2.45, 2.75) is 77.1 Å². The summed E-state index contributed by atoms with van der Waals surface area (Å²) in [6.07, 6.45) is 2.90. The molecule has 0 N–H and O–H groups in total. The summed E-state index contributed by atoms with van der Waals surface area (Å²) in [4.78, 5) is 0. The molecular formula is C52H54O4. The molecule has 4 nitrogen and oxygen atoms in total. The van der Waals surface area contributed by atoms with Crippen molar-refractivity contribution in [1.29, 1.82) is 0 Å². The first-order valence-corrected chi connectivity index (χ1v) is 20.5. The van der Waals surface area contributed by atoms with Crippen molar-refractivity contribution >= 4 is 0 Å². The van der Waals surface area contributed by atoms with Crippen molar-refractivity contribution in [2.75, 3.05) is 19.8 Å². The zero-order chi connectivity index (χ0) is 38.7. The van der Waals surface area contributed by atoms with Gasteiger partial charge in [0.1, 0.15) is 17.1 Å². The number of rotatable bonds is 16. The Morgan fingerprint density at radius 3 is 1.32 bits per heavy atom. The molecule has 0 fully saturated rings. The van der Waals surface area contributed by atoms with Crippen LogP contribution in [0.3, 0.4) is 0 Å². The van der Waals surface area contributed by atoms with Gasteiger partial charge in [0.2, 0.25) is 0 Å². The molecule has 2 unspecified atom stereocenters. The fraction of sp³-hybridized carbons (Fsp3) is 0.308. The third-order valence-electron chi connectivity index (χ3n) is 12.0. The van der Waals surface area contributed by atoms with Crippen LogP contribution in [-0.2, 0) is 20.5 Å². The molecule has 4 heteroatoms. The van der Waals surface area contributed by atoms with Crippen molar-refractivity contribution in [3.05, 3.63) is 179 Å². The first-order chi connectivity index (χ1) is 27.4. The molecule has 0 bridgehead atoms. The van der Waals surface area contributed by atoms with Crippen LogP contribution in [0.5, 0.6) is 11.5 Å². The molecule has 0 heterocycles. The zero-order valence-electron chi connectivity index (χ0n) is 33.5. The van der Waals surface area contributed by atoms with Gasteiger partial charge in [0.25, 0.3) is 0 Å². The van der Waals surface area contributed by atoms with E-state index < -0.39 is 5.60 Å². The summed E-state index contributed by atoms with van der Waals surface area (Å²) < 4.78 is 25.8. The van der Waals surface area contributed by atoms with Gasteiger partial charge in [0.05, 0.1) is 32.0 Å². The Morgan fingerprint density at radius 2 is 0.875 bits per heavy atom. The number of hydrogen-bond acceptors (Lipinski definition) is 4. The van der Waals surface area contributed by atoms with Crippen molar-refractivity contribution in [1.82, 2.24) is 0 Å². The number of unbranched alkanes of at least 4 members (excludes halogenated alkanes) is 1. The highest BCUT2D eigenvalue weighted by molar-refractivity contribution is 5.84. The van der Waals surface area contributed by atoms with E-state index in [4.69, 9.17) is 18.9 Å². The number of benzene rings is 6. The predicted molar refractivity (Wildman–Crippen MR) is 228 cm³/mol. The van der Waals surface area contributed by atoms with E-state index in [1.807, 2.05) is 0 Å². The molecule has 2 atom stereocenters. The molecular weight excluding hydrogens is 689 g/mol. The summed E-state index contributed by atoms with van der Waals surface area (Å²) in [5.74, 6) is 2.13. The fourth-order valence-electron chi connectivity index (χ4n) is 9.24. The van der Waals surface area contributed by atoms with Gasteiger partial charge in [-0.3, -0.25) is 0 Å². The second kappa shape index (κ2) is 16.1. The van der Waals surface area contributed by atoms with Gasteiger partial charge >= 0.3 is 0 Å². The number of fused-ring (bicyclic) bond motifs is 6. The molecule has 8 rings (SSSR count). The first-order valence-electron chi connectivity index (χ1n) is 20.5. The summed E-state index contributed by atoms with van der Waals surface area (Å²) in [6.45, 7) is 12.8. The standard InChI is InChI=1S/C52H54O4/c1-6-37(4)56-38(5)35-55-52(49-23-13-9-19-45(49)46-20-10-14-24-50(46)52)40-27-31-42(32-28-40)54-34-16-15-33-53-41-29-25-39(26-30-41)51(36(2)3)47-21-11-7-17-43(47)44-18-8-12-22-48(44)51/h7-14,17-32,36-38H,6,15-16,33-35H2,1-5H3. The maximum Gasteiger partial charge on any atom is 0.145 e. The predicted octanol–water partition coefficient (Wildman–Crippen LogP) is 12.4. The van der Waals surface area contributed by atoms with Crippen LogP contribution in [0.15, 0.2) is 146 Å². The van der Waals surface area contributed by atoms with Crippen LogP contribution in [-0.4, -0.2) is 32.0 Å². The molecule has 0 spiro atoms. The molecule has 286 valence electrons. The molecule has 2 aliphatic carbocycles. The van der Waals surface area contributed by atoms with E-state index in [0.717, 1.165) is 47.5 Å². The van der Waals surface area contributed by atoms with Gasteiger partial charge in [-0.05, 0) is 108 Å². The van der Waals surface area contributed by atoms with Gasteiger partial charge in [-0.2, -0.15) is 0 Å². The van der Waals surface area contributed by atoms with Crippen molar-refractivity contribution in [3.8, 4) is 33.8 Å². The van der Waals surface area contributed by atoms with Crippen LogP contribution in [0.1, 0.15) is 87.3 Å². The van der Waals surface area contributed by atoms with E-state index >= 15 is 0 Å². The second-order valence-electron chi connectivity index (χ2n) is 15.8. The maximum atomic E-state index is 7.03. The zero-order valence-corrected chi connectivity index (χ0v) is 33.5. The topological polar surface area (TPSA) is 36.9 Å². The monoisotopic (exact) mass is 742 g/mol. The molecule has 0 saturated carbocycles. The van der Waals surface area contributed by atoms with Gasteiger partial charge in [0.15, 0.2) is 0 Å². The van der Waals surface area contributed by atoms with Crippen LogP contribution in [0.4, 0.5) is 0 Å². The third kappa shape index (κ3) is 6.63. The molecule has 2 aliphatic rings. The SMILES string of the molecule is CCC(C)OC(C)COC1(c2ccc(OCCCCOc3ccc(C4(C(C)C)c5ccccc5-c5ccccc54)cc3)cc2)c2ccccc2-c2ccccc21. The molecule has 56 heavy (non-hydrogen) atoms. The summed E-state index contributed by atoms with van der Waals surface area (Å²) in [5.41, 5.74) is 11.7. The largest absolute Gasteiger partial charge is 0.494 e.